The van der Waals surface area contributed by atoms with Crippen LogP contribution in [0.5, 0.6) is 0 Å². The van der Waals surface area contributed by atoms with Crippen LogP contribution in [0.2, 0.25) is 0 Å². The van der Waals surface area contributed by atoms with Crippen molar-refractivity contribution in [3.8, 4) is 0 Å². The highest BCUT2D eigenvalue weighted by Gasteiger charge is 2.24. The van der Waals surface area contributed by atoms with Crippen LogP contribution in [0, 0.1) is 0 Å². The number of fused-ring (bicyclic) bond motifs is 1. The smallest absolute Gasteiger partial charge is 0.275 e. The molecule has 1 aromatic heterocycles. The molecule has 1 aliphatic heterocycles. The summed E-state index contributed by atoms with van der Waals surface area (Å²) < 4.78 is 1.64. The molecule has 5 heteroatoms. The predicted molar refractivity (Wildman–Crippen MR) is 42.1 cm³/mol. The molecule has 0 bridgehead atoms. The van der Waals surface area contributed by atoms with E-state index in [2.05, 4.69) is 5.10 Å². The summed E-state index contributed by atoms with van der Waals surface area (Å²) in [6.45, 7) is 0.581. The normalized spacial score (nSPS) is 16.5. The van der Waals surface area contributed by atoms with Gasteiger partial charge in [0.1, 0.15) is 0 Å². The van der Waals surface area contributed by atoms with E-state index in [1.807, 2.05) is 6.20 Å². The van der Waals surface area contributed by atoms with Gasteiger partial charge in [0.2, 0.25) is 0 Å². The van der Waals surface area contributed by atoms with E-state index in [-0.39, 0.29) is 5.91 Å². The average molecular weight is 166 g/mol. The molecule has 12 heavy (non-hydrogen) atoms. The Kier molecular flexibility index (Phi) is 1.41. The van der Waals surface area contributed by atoms with E-state index in [0.29, 0.717) is 12.2 Å². The molecule has 2 heterocycles. The van der Waals surface area contributed by atoms with Crippen LogP contribution in [0.4, 0.5) is 0 Å². The minimum atomic E-state index is -0.183. The molecular weight excluding hydrogens is 156 g/mol. The van der Waals surface area contributed by atoms with E-state index in [4.69, 9.17) is 5.84 Å². The summed E-state index contributed by atoms with van der Waals surface area (Å²) in [7, 11) is 1.80. The first-order valence-corrected chi connectivity index (χ1v) is 3.77. The van der Waals surface area contributed by atoms with E-state index < -0.39 is 0 Å². The van der Waals surface area contributed by atoms with E-state index in [1.54, 1.807) is 11.7 Å². The summed E-state index contributed by atoms with van der Waals surface area (Å²) in [6.07, 6.45) is 2.66. The van der Waals surface area contributed by atoms with Crippen molar-refractivity contribution in [3.63, 3.8) is 0 Å². The van der Waals surface area contributed by atoms with Crippen LogP contribution in [-0.4, -0.2) is 27.2 Å². The molecule has 0 fully saturated rings. The maximum Gasteiger partial charge on any atom is 0.288 e. The number of hydrogen-bond acceptors (Lipinski definition) is 3. The minimum Gasteiger partial charge on any atom is -0.275 e. The quantitative estimate of drug-likeness (QED) is 0.409. The number of aromatic nitrogens is 2. The zero-order valence-corrected chi connectivity index (χ0v) is 6.82. The van der Waals surface area contributed by atoms with Crippen molar-refractivity contribution in [2.24, 2.45) is 12.9 Å². The molecule has 1 amide bonds. The van der Waals surface area contributed by atoms with Gasteiger partial charge in [0.25, 0.3) is 5.91 Å². The van der Waals surface area contributed by atoms with Crippen molar-refractivity contribution in [2.45, 2.75) is 6.42 Å². The number of aryl methyl sites for hydroxylation is 1. The number of carbonyl (C=O) groups excluding carboxylic acids is 1. The SMILES string of the molecule is Cn1cc2c(n1)C(=O)N(N)CC2. The number of hydrogen-bond donors (Lipinski definition) is 1. The van der Waals surface area contributed by atoms with Crippen LogP contribution < -0.4 is 5.84 Å². The van der Waals surface area contributed by atoms with Gasteiger partial charge >= 0.3 is 0 Å². The number of carbonyl (C=O) groups is 1. The summed E-state index contributed by atoms with van der Waals surface area (Å²) in [5.41, 5.74) is 1.48. The highest BCUT2D eigenvalue weighted by atomic mass is 16.2. The standard InChI is InChI=1S/C7H10N4O/c1-10-4-5-2-3-11(8)7(12)6(5)9-10/h4H,2-3,8H2,1H3. The van der Waals surface area contributed by atoms with Crippen LogP contribution in [0.15, 0.2) is 6.20 Å². The third-order valence-corrected chi connectivity index (χ3v) is 1.99. The van der Waals surface area contributed by atoms with Crippen LogP contribution >= 0.6 is 0 Å². The molecular formula is C7H10N4O. The topological polar surface area (TPSA) is 64.2 Å². The summed E-state index contributed by atoms with van der Waals surface area (Å²) in [4.78, 5) is 11.4. The van der Waals surface area contributed by atoms with Crippen molar-refractivity contribution in [2.75, 3.05) is 6.54 Å². The zero-order valence-electron chi connectivity index (χ0n) is 6.82. The molecule has 0 unspecified atom stereocenters. The van der Waals surface area contributed by atoms with Crippen LogP contribution in [0.25, 0.3) is 0 Å². The second-order valence-electron chi connectivity index (χ2n) is 2.93. The van der Waals surface area contributed by atoms with Crippen molar-refractivity contribution >= 4 is 5.91 Å². The number of hydrazine groups is 1. The van der Waals surface area contributed by atoms with Gasteiger partial charge in [0.15, 0.2) is 5.69 Å². The van der Waals surface area contributed by atoms with Crippen LogP contribution in [0.1, 0.15) is 16.1 Å². The Morgan fingerprint density at radius 2 is 2.42 bits per heavy atom. The number of nitrogens with zero attached hydrogens (tertiary/aromatic N) is 3. The van der Waals surface area contributed by atoms with Crippen molar-refractivity contribution in [1.29, 1.82) is 0 Å². The molecule has 0 aromatic carbocycles. The molecule has 2 N–H and O–H groups in total. The maximum absolute atomic E-state index is 11.4. The monoisotopic (exact) mass is 166 g/mol. The van der Waals surface area contributed by atoms with E-state index in [1.165, 1.54) is 5.01 Å². The summed E-state index contributed by atoms with van der Waals surface area (Å²) in [5.74, 6) is 5.25. The van der Waals surface area contributed by atoms with Crippen LogP contribution in [-0.2, 0) is 13.5 Å². The second-order valence-corrected chi connectivity index (χ2v) is 2.93. The van der Waals surface area contributed by atoms with Crippen molar-refractivity contribution < 1.29 is 4.79 Å². The lowest BCUT2D eigenvalue weighted by atomic mass is 10.1. The highest BCUT2D eigenvalue weighted by Crippen LogP contribution is 2.14. The Morgan fingerprint density at radius 3 is 3.17 bits per heavy atom. The van der Waals surface area contributed by atoms with Gasteiger partial charge in [0.05, 0.1) is 0 Å². The van der Waals surface area contributed by atoms with Gasteiger partial charge < -0.3 is 0 Å². The Labute approximate surface area is 69.7 Å². The second kappa shape index (κ2) is 2.31. The van der Waals surface area contributed by atoms with E-state index >= 15 is 0 Å². The first kappa shape index (κ1) is 7.30. The lowest BCUT2D eigenvalue weighted by Crippen LogP contribution is -2.42. The first-order chi connectivity index (χ1) is 5.68. The molecule has 1 aliphatic rings. The van der Waals surface area contributed by atoms with Gasteiger partial charge in [-0.15, -0.1) is 0 Å². The molecule has 1 aromatic rings. The fourth-order valence-electron chi connectivity index (χ4n) is 1.38. The van der Waals surface area contributed by atoms with Crippen LogP contribution in [0.3, 0.4) is 0 Å². The fraction of sp³-hybridized carbons (Fsp3) is 0.429. The van der Waals surface area contributed by atoms with Gasteiger partial charge in [-0.3, -0.25) is 14.5 Å². The third kappa shape index (κ3) is 0.902. The lowest BCUT2D eigenvalue weighted by Gasteiger charge is -2.19. The Morgan fingerprint density at radius 1 is 1.67 bits per heavy atom. The molecule has 0 radical (unpaired) electrons. The summed E-state index contributed by atoms with van der Waals surface area (Å²) in [6, 6.07) is 0. The van der Waals surface area contributed by atoms with E-state index in [9.17, 15) is 4.79 Å². The third-order valence-electron chi connectivity index (χ3n) is 1.99. The summed E-state index contributed by atoms with van der Waals surface area (Å²) >= 11 is 0. The lowest BCUT2D eigenvalue weighted by molar-refractivity contribution is 0.0733. The Hall–Kier alpha value is -1.36. The molecule has 0 spiro atoms. The average Bonchev–Trinajstić information content (AvgIpc) is 2.39. The molecule has 0 saturated carbocycles. The molecule has 0 atom stereocenters. The molecule has 0 saturated heterocycles. The van der Waals surface area contributed by atoms with Crippen molar-refractivity contribution in [3.05, 3.63) is 17.5 Å². The van der Waals surface area contributed by atoms with Crippen molar-refractivity contribution in [1.82, 2.24) is 14.8 Å². The van der Waals surface area contributed by atoms with Gasteiger partial charge in [-0.2, -0.15) is 5.10 Å². The molecule has 5 nitrogen and oxygen atoms in total. The number of rotatable bonds is 0. The van der Waals surface area contributed by atoms with E-state index in [0.717, 1.165) is 12.0 Å². The maximum atomic E-state index is 11.4. The number of amides is 1. The Bertz CT molecular complexity index is 330. The fourth-order valence-corrected chi connectivity index (χ4v) is 1.38. The predicted octanol–water partition coefficient (Wildman–Crippen LogP) is -0.708. The zero-order chi connectivity index (χ0) is 8.72. The number of nitrogens with two attached hydrogens (primary N) is 1. The van der Waals surface area contributed by atoms with Gasteiger partial charge in [-0.25, -0.2) is 5.84 Å². The molecule has 64 valence electrons. The summed E-state index contributed by atoms with van der Waals surface area (Å²) in [5, 5.41) is 5.23. The van der Waals surface area contributed by atoms with Gasteiger partial charge in [-0.1, -0.05) is 0 Å². The van der Waals surface area contributed by atoms with Gasteiger partial charge in [0, 0.05) is 25.4 Å². The largest absolute Gasteiger partial charge is 0.288 e. The molecule has 2 rings (SSSR count). The highest BCUT2D eigenvalue weighted by molar-refractivity contribution is 5.94. The minimum absolute atomic E-state index is 0.183. The molecule has 0 aliphatic carbocycles. The van der Waals surface area contributed by atoms with Gasteiger partial charge in [-0.05, 0) is 6.42 Å². The first-order valence-electron chi connectivity index (χ1n) is 3.77. The Balaban J connectivity index is 2.48.